The van der Waals surface area contributed by atoms with E-state index < -0.39 is 0 Å². The smallest absolute Gasteiger partial charge is 0.267 e. The zero-order valence-corrected chi connectivity index (χ0v) is 14.4. The quantitative estimate of drug-likeness (QED) is 0.861. The number of carbonyl (C=O) groups is 1. The van der Waals surface area contributed by atoms with E-state index in [0.717, 1.165) is 49.3 Å². The van der Waals surface area contributed by atoms with Crippen molar-refractivity contribution in [3.63, 3.8) is 0 Å². The predicted octanol–water partition coefficient (Wildman–Crippen LogP) is 2.94. The summed E-state index contributed by atoms with van der Waals surface area (Å²) in [6, 6.07) is 7.49. The van der Waals surface area contributed by atoms with Gasteiger partial charge in [-0.1, -0.05) is 12.5 Å². The van der Waals surface area contributed by atoms with Crippen LogP contribution in [0.3, 0.4) is 0 Å². The first kappa shape index (κ1) is 15.6. The number of likely N-dealkylation sites (tertiary alicyclic amines) is 1. The molecule has 0 bridgehead atoms. The van der Waals surface area contributed by atoms with Crippen LogP contribution in [-0.2, 0) is 4.79 Å². The summed E-state index contributed by atoms with van der Waals surface area (Å²) in [4.78, 5) is 27.6. The van der Waals surface area contributed by atoms with Crippen LogP contribution in [0.15, 0.2) is 34.4 Å². The van der Waals surface area contributed by atoms with E-state index in [9.17, 15) is 9.59 Å². The van der Waals surface area contributed by atoms with Gasteiger partial charge < -0.3 is 4.90 Å². The molecule has 1 saturated carbocycles. The summed E-state index contributed by atoms with van der Waals surface area (Å²) in [6.07, 6.45) is 4.88. The Labute approximate surface area is 144 Å². The zero-order chi connectivity index (χ0) is 16.5. The highest BCUT2D eigenvalue weighted by Crippen LogP contribution is 2.30. The van der Waals surface area contributed by atoms with E-state index in [1.54, 1.807) is 28.2 Å². The van der Waals surface area contributed by atoms with Crippen molar-refractivity contribution in [3.05, 3.63) is 40.0 Å². The van der Waals surface area contributed by atoms with E-state index in [1.165, 1.54) is 6.42 Å². The van der Waals surface area contributed by atoms with Crippen molar-refractivity contribution in [1.29, 1.82) is 0 Å². The van der Waals surface area contributed by atoms with Crippen LogP contribution in [0.5, 0.6) is 0 Å². The number of hydrogen-bond acceptors (Lipinski definition) is 4. The highest BCUT2D eigenvalue weighted by molar-refractivity contribution is 7.13. The second-order valence-electron chi connectivity index (χ2n) is 6.66. The number of amides is 1. The molecule has 0 N–H and O–H groups in total. The van der Waals surface area contributed by atoms with Gasteiger partial charge in [0.15, 0.2) is 0 Å². The Morgan fingerprint density at radius 3 is 2.54 bits per heavy atom. The summed E-state index contributed by atoms with van der Waals surface area (Å²) in [5, 5.41) is 6.59. The molecule has 2 aromatic rings. The summed E-state index contributed by atoms with van der Waals surface area (Å²) in [7, 11) is 0. The molecular weight excluding hydrogens is 322 g/mol. The summed E-state index contributed by atoms with van der Waals surface area (Å²) >= 11 is 1.62. The first-order chi connectivity index (χ1) is 11.7. The molecule has 0 atom stereocenters. The predicted molar refractivity (Wildman–Crippen MR) is 94.0 cm³/mol. The average Bonchev–Trinajstić information content (AvgIpc) is 3.08. The topological polar surface area (TPSA) is 55.2 Å². The van der Waals surface area contributed by atoms with Gasteiger partial charge >= 0.3 is 0 Å². The number of aromatic nitrogens is 2. The van der Waals surface area contributed by atoms with Gasteiger partial charge in [0.05, 0.1) is 10.9 Å². The van der Waals surface area contributed by atoms with Gasteiger partial charge in [0.2, 0.25) is 5.91 Å². The van der Waals surface area contributed by atoms with E-state index >= 15 is 0 Å². The van der Waals surface area contributed by atoms with E-state index in [4.69, 9.17) is 0 Å². The van der Waals surface area contributed by atoms with Gasteiger partial charge in [0, 0.05) is 25.1 Å². The van der Waals surface area contributed by atoms with Crippen molar-refractivity contribution in [3.8, 4) is 10.6 Å². The minimum Gasteiger partial charge on any atom is -0.342 e. The van der Waals surface area contributed by atoms with Crippen molar-refractivity contribution >= 4 is 17.2 Å². The minimum atomic E-state index is -0.0564. The molecule has 0 spiro atoms. The molecule has 126 valence electrons. The summed E-state index contributed by atoms with van der Waals surface area (Å²) < 4.78 is 1.63. The van der Waals surface area contributed by atoms with Gasteiger partial charge in [-0.25, -0.2) is 4.68 Å². The molecule has 1 saturated heterocycles. The Hall–Kier alpha value is -1.95. The van der Waals surface area contributed by atoms with Crippen molar-refractivity contribution in [2.45, 2.75) is 38.1 Å². The highest BCUT2D eigenvalue weighted by atomic mass is 32.1. The molecule has 4 rings (SSSR count). The van der Waals surface area contributed by atoms with Gasteiger partial charge in [0.1, 0.15) is 5.69 Å². The molecule has 6 heteroatoms. The van der Waals surface area contributed by atoms with Crippen LogP contribution in [-0.4, -0.2) is 33.7 Å². The monoisotopic (exact) mass is 343 g/mol. The number of rotatable bonds is 3. The Morgan fingerprint density at radius 1 is 1.12 bits per heavy atom. The zero-order valence-electron chi connectivity index (χ0n) is 13.6. The van der Waals surface area contributed by atoms with Crippen molar-refractivity contribution in [2.75, 3.05) is 13.1 Å². The molecular formula is C18H21N3O2S. The van der Waals surface area contributed by atoms with E-state index in [1.807, 2.05) is 22.4 Å². The molecule has 1 aliphatic heterocycles. The fourth-order valence-corrected chi connectivity index (χ4v) is 4.18. The third-order valence-corrected chi connectivity index (χ3v) is 6.07. The second kappa shape index (κ2) is 6.51. The first-order valence-corrected chi connectivity index (χ1v) is 9.53. The van der Waals surface area contributed by atoms with Gasteiger partial charge in [0.25, 0.3) is 5.56 Å². The summed E-state index contributed by atoms with van der Waals surface area (Å²) in [5.41, 5.74) is 0.789. The third-order valence-electron chi connectivity index (χ3n) is 5.18. The molecule has 2 fully saturated rings. The SMILES string of the molecule is O=C(C1CCC1)N1CCC(n2nc(-c3cccs3)ccc2=O)CC1. The van der Waals surface area contributed by atoms with Gasteiger partial charge in [-0.2, -0.15) is 5.10 Å². The highest BCUT2D eigenvalue weighted by Gasteiger charge is 2.32. The van der Waals surface area contributed by atoms with Crippen molar-refractivity contribution < 1.29 is 4.79 Å². The van der Waals surface area contributed by atoms with E-state index in [-0.39, 0.29) is 17.5 Å². The fraction of sp³-hybridized carbons (Fsp3) is 0.500. The number of hydrogen-bond donors (Lipinski definition) is 0. The lowest BCUT2D eigenvalue weighted by Gasteiger charge is -2.36. The number of piperidine rings is 1. The Bertz CT molecular complexity index is 772. The number of nitrogens with zero attached hydrogens (tertiary/aromatic N) is 3. The minimum absolute atomic E-state index is 0.0564. The molecule has 24 heavy (non-hydrogen) atoms. The molecule has 1 aliphatic carbocycles. The third kappa shape index (κ3) is 2.90. The lowest BCUT2D eigenvalue weighted by molar-refractivity contribution is -0.139. The largest absolute Gasteiger partial charge is 0.342 e. The van der Waals surface area contributed by atoms with Crippen LogP contribution >= 0.6 is 11.3 Å². The van der Waals surface area contributed by atoms with Crippen LogP contribution in [0.1, 0.15) is 38.1 Å². The van der Waals surface area contributed by atoms with E-state index in [0.29, 0.717) is 5.91 Å². The molecule has 0 aromatic carbocycles. The maximum atomic E-state index is 12.3. The molecule has 2 aliphatic rings. The van der Waals surface area contributed by atoms with Crippen LogP contribution in [0, 0.1) is 5.92 Å². The molecule has 5 nitrogen and oxygen atoms in total. The van der Waals surface area contributed by atoms with Crippen molar-refractivity contribution in [2.24, 2.45) is 5.92 Å². The average molecular weight is 343 g/mol. The maximum absolute atomic E-state index is 12.3. The van der Waals surface area contributed by atoms with Gasteiger partial charge in [-0.3, -0.25) is 9.59 Å². The summed E-state index contributed by atoms with van der Waals surface area (Å²) in [5.74, 6) is 0.567. The molecule has 1 amide bonds. The molecule has 2 aromatic heterocycles. The van der Waals surface area contributed by atoms with Crippen LogP contribution in [0.2, 0.25) is 0 Å². The second-order valence-corrected chi connectivity index (χ2v) is 7.61. The molecule has 0 radical (unpaired) electrons. The van der Waals surface area contributed by atoms with Crippen molar-refractivity contribution in [1.82, 2.24) is 14.7 Å². The lowest BCUT2D eigenvalue weighted by Crippen LogP contribution is -2.45. The van der Waals surface area contributed by atoms with E-state index in [2.05, 4.69) is 5.10 Å². The maximum Gasteiger partial charge on any atom is 0.267 e. The van der Waals surface area contributed by atoms with Crippen LogP contribution in [0.4, 0.5) is 0 Å². The fourth-order valence-electron chi connectivity index (χ4n) is 3.49. The Kier molecular flexibility index (Phi) is 4.22. The normalized spacial score (nSPS) is 19.2. The lowest BCUT2D eigenvalue weighted by atomic mass is 9.84. The number of carbonyl (C=O) groups excluding carboxylic acids is 1. The molecule has 3 heterocycles. The molecule has 0 unspecified atom stereocenters. The number of thiophene rings is 1. The first-order valence-electron chi connectivity index (χ1n) is 8.65. The van der Waals surface area contributed by atoms with Gasteiger partial charge in [-0.15, -0.1) is 11.3 Å². The Balaban J connectivity index is 1.48. The van der Waals surface area contributed by atoms with Gasteiger partial charge in [-0.05, 0) is 43.2 Å². The Morgan fingerprint density at radius 2 is 1.92 bits per heavy atom. The van der Waals surface area contributed by atoms with Crippen LogP contribution in [0.25, 0.3) is 10.6 Å². The standard InChI is InChI=1S/C18H21N3O2S/c22-17-7-6-15(16-5-2-12-24-16)19-21(17)14-8-10-20(11-9-14)18(23)13-3-1-4-13/h2,5-7,12-14H,1,3-4,8-11H2. The van der Waals surface area contributed by atoms with Crippen LogP contribution < -0.4 is 5.56 Å². The summed E-state index contributed by atoms with van der Waals surface area (Å²) in [6.45, 7) is 1.47.